The molecule has 3 N–H and O–H groups in total. The van der Waals surface area contributed by atoms with Crippen LogP contribution in [-0.4, -0.2) is 32.8 Å². The molecule has 0 radical (unpaired) electrons. The van der Waals surface area contributed by atoms with Gasteiger partial charge in [0.2, 0.25) is 11.9 Å². The number of oxazole rings is 1. The van der Waals surface area contributed by atoms with Crippen molar-refractivity contribution in [1.82, 2.24) is 20.3 Å². The summed E-state index contributed by atoms with van der Waals surface area (Å²) in [5.41, 5.74) is 2.48. The van der Waals surface area contributed by atoms with Gasteiger partial charge in [-0.05, 0) is 31.0 Å². The number of aromatic amines is 1. The highest BCUT2D eigenvalue weighted by atomic mass is 35.5. The molecule has 7 nitrogen and oxygen atoms in total. The van der Waals surface area contributed by atoms with Crippen molar-refractivity contribution >= 4 is 62.9 Å². The predicted molar refractivity (Wildman–Crippen MR) is 123 cm³/mol. The Morgan fingerprint density at radius 2 is 1.88 bits per heavy atom. The van der Waals surface area contributed by atoms with Crippen LogP contribution in [0, 0.1) is 6.92 Å². The molecule has 1 aliphatic rings. The Hall–Kier alpha value is -2.91. The van der Waals surface area contributed by atoms with Crippen LogP contribution in [0.3, 0.4) is 0 Å². The Labute approximate surface area is 196 Å². The quantitative estimate of drug-likeness (QED) is 0.306. The largest absolute Gasteiger partial charge is 0.440 e. The Bertz CT molecular complexity index is 1350. The number of aromatic nitrogens is 3. The van der Waals surface area contributed by atoms with Gasteiger partial charge < -0.3 is 20.0 Å². The molecule has 0 unspecified atom stereocenters. The number of carbonyl (C=O) groups is 1. The first kappa shape index (κ1) is 21.9. The van der Waals surface area contributed by atoms with Crippen molar-refractivity contribution in [2.75, 3.05) is 5.32 Å². The van der Waals surface area contributed by atoms with Crippen LogP contribution in [0.5, 0.6) is 0 Å². The van der Waals surface area contributed by atoms with Crippen LogP contribution in [0.15, 0.2) is 28.7 Å². The molecule has 1 amide bonds. The second-order valence-electron chi connectivity index (χ2n) is 8.14. The number of hydrogen-bond donors (Lipinski definition) is 3. The molecule has 2 aromatic heterocycles. The van der Waals surface area contributed by atoms with Crippen molar-refractivity contribution in [3.8, 4) is 0 Å². The van der Waals surface area contributed by atoms with Gasteiger partial charge in [-0.1, -0.05) is 29.3 Å². The number of nitrogens with one attached hydrogen (secondary N) is 3. The van der Waals surface area contributed by atoms with Crippen molar-refractivity contribution in [2.45, 2.75) is 44.6 Å². The van der Waals surface area contributed by atoms with E-state index in [1.165, 1.54) is 0 Å². The molecule has 2 heterocycles. The lowest BCUT2D eigenvalue weighted by Gasteiger charge is -2.28. The first-order valence-electron chi connectivity index (χ1n) is 10.4. The molecule has 1 aliphatic carbocycles. The van der Waals surface area contributed by atoms with E-state index < -0.39 is 11.8 Å². The molecule has 33 heavy (non-hydrogen) atoms. The number of rotatable bonds is 4. The van der Waals surface area contributed by atoms with Crippen molar-refractivity contribution in [3.05, 3.63) is 45.8 Å². The summed E-state index contributed by atoms with van der Waals surface area (Å²) >= 11 is 12.5. The van der Waals surface area contributed by atoms with E-state index in [-0.39, 0.29) is 42.9 Å². The molecule has 0 saturated heterocycles. The van der Waals surface area contributed by atoms with Crippen LogP contribution < -0.4 is 10.6 Å². The number of halogens is 4. The van der Waals surface area contributed by atoms with Crippen molar-refractivity contribution in [1.29, 1.82) is 0 Å². The zero-order valence-corrected chi connectivity index (χ0v) is 18.9. The molecule has 5 rings (SSSR count). The van der Waals surface area contributed by atoms with Gasteiger partial charge in [0.1, 0.15) is 11.0 Å². The van der Waals surface area contributed by atoms with E-state index in [1.54, 1.807) is 31.2 Å². The van der Waals surface area contributed by atoms with Gasteiger partial charge in [-0.15, -0.1) is 0 Å². The fourth-order valence-corrected chi connectivity index (χ4v) is 4.55. The van der Waals surface area contributed by atoms with Crippen LogP contribution in [0.4, 0.5) is 20.4 Å². The minimum Gasteiger partial charge on any atom is -0.440 e. The fraction of sp³-hybridized carbons (Fsp3) is 0.318. The molecule has 0 atom stereocenters. The van der Waals surface area contributed by atoms with Crippen LogP contribution in [0.1, 0.15) is 41.9 Å². The second-order valence-corrected chi connectivity index (χ2v) is 8.96. The average molecular weight is 494 g/mol. The lowest BCUT2D eigenvalue weighted by atomic mass is 9.92. The number of imidazole rings is 1. The number of nitrogens with zero attached hydrogens (tertiary/aromatic N) is 2. The molecule has 11 heteroatoms. The zero-order valence-electron chi connectivity index (χ0n) is 17.4. The Morgan fingerprint density at radius 1 is 1.18 bits per heavy atom. The maximum absolute atomic E-state index is 13.5. The topological polar surface area (TPSA) is 95.8 Å². The smallest absolute Gasteiger partial charge is 0.255 e. The summed E-state index contributed by atoms with van der Waals surface area (Å²) in [6.07, 6.45) is -0.0471. The first-order chi connectivity index (χ1) is 15.7. The van der Waals surface area contributed by atoms with Gasteiger partial charge in [0, 0.05) is 25.8 Å². The summed E-state index contributed by atoms with van der Waals surface area (Å²) in [6.45, 7) is 1.67. The molecular formula is C22H19Cl2F2N5O2. The Balaban J connectivity index is 1.50. The molecule has 0 spiro atoms. The van der Waals surface area contributed by atoms with E-state index in [2.05, 4.69) is 25.6 Å². The van der Waals surface area contributed by atoms with Crippen molar-refractivity contribution < 1.29 is 18.0 Å². The van der Waals surface area contributed by atoms with Crippen LogP contribution in [-0.2, 0) is 0 Å². The number of aryl methyl sites for hydroxylation is 1. The van der Waals surface area contributed by atoms with Crippen LogP contribution in [0.25, 0.3) is 22.1 Å². The molecule has 172 valence electrons. The van der Waals surface area contributed by atoms with E-state index in [0.717, 1.165) is 0 Å². The molecular weight excluding hydrogens is 475 g/mol. The second kappa shape index (κ2) is 8.14. The zero-order chi connectivity index (χ0) is 23.3. The number of hydrogen-bond acceptors (Lipinski definition) is 5. The third-order valence-electron chi connectivity index (χ3n) is 5.73. The van der Waals surface area contributed by atoms with E-state index in [1.807, 2.05) is 0 Å². The molecule has 0 bridgehead atoms. The third-order valence-corrected chi connectivity index (χ3v) is 6.36. The molecule has 4 aromatic rings. The summed E-state index contributed by atoms with van der Waals surface area (Å²) in [6, 6.07) is 6.41. The third kappa shape index (κ3) is 4.22. The van der Waals surface area contributed by atoms with Gasteiger partial charge in [0.05, 0.1) is 26.8 Å². The normalized spacial score (nSPS) is 16.4. The Kier molecular flexibility index (Phi) is 5.41. The lowest BCUT2D eigenvalue weighted by molar-refractivity contribution is -0.0399. The highest BCUT2D eigenvalue weighted by molar-refractivity contribution is 6.39. The predicted octanol–water partition coefficient (Wildman–Crippen LogP) is 6.37. The number of benzene rings is 2. The van der Waals surface area contributed by atoms with E-state index in [0.29, 0.717) is 44.1 Å². The SMILES string of the molecule is Cc1nc2c(o1)c(C(=O)NC1CCC(F)(F)CC1)cc1[nH]c(Nc3c(Cl)cccc3Cl)nc12. The van der Waals surface area contributed by atoms with E-state index in [9.17, 15) is 13.6 Å². The van der Waals surface area contributed by atoms with Crippen LogP contribution >= 0.6 is 23.2 Å². The van der Waals surface area contributed by atoms with E-state index >= 15 is 0 Å². The van der Waals surface area contributed by atoms with Gasteiger partial charge >= 0.3 is 0 Å². The maximum Gasteiger partial charge on any atom is 0.255 e. The average Bonchev–Trinajstić information content (AvgIpc) is 3.34. The molecule has 0 aliphatic heterocycles. The first-order valence-corrected chi connectivity index (χ1v) is 11.2. The summed E-state index contributed by atoms with van der Waals surface area (Å²) in [4.78, 5) is 25.1. The minimum atomic E-state index is -2.67. The lowest BCUT2D eigenvalue weighted by Crippen LogP contribution is -2.40. The molecule has 1 fully saturated rings. The molecule has 2 aromatic carbocycles. The maximum atomic E-state index is 13.5. The summed E-state index contributed by atoms with van der Waals surface area (Å²) in [7, 11) is 0. The van der Waals surface area contributed by atoms with Gasteiger partial charge in [0.25, 0.3) is 5.91 Å². The summed E-state index contributed by atoms with van der Waals surface area (Å²) in [5.74, 6) is -2.35. The molecule has 1 saturated carbocycles. The summed E-state index contributed by atoms with van der Waals surface area (Å²) in [5, 5.41) is 6.76. The number of amides is 1. The minimum absolute atomic E-state index is 0.219. The number of carbonyl (C=O) groups excluding carboxylic acids is 1. The van der Waals surface area contributed by atoms with Crippen molar-refractivity contribution in [3.63, 3.8) is 0 Å². The standard InChI is InChI=1S/C22H19Cl2F2N5O2/c1-10-27-18-17-15(29-21(31-17)30-16-13(23)3-2-4-14(16)24)9-12(19(18)33-10)20(32)28-11-5-7-22(25,26)8-6-11/h2-4,9,11H,5-8H2,1H3,(H,28,32)(H2,29,30,31). The highest BCUT2D eigenvalue weighted by Crippen LogP contribution is 2.35. The fourth-order valence-electron chi connectivity index (χ4n) is 4.06. The number of fused-ring (bicyclic) bond motifs is 3. The summed E-state index contributed by atoms with van der Waals surface area (Å²) < 4.78 is 32.6. The highest BCUT2D eigenvalue weighted by Gasteiger charge is 2.35. The van der Waals surface area contributed by atoms with Gasteiger partial charge in [0.15, 0.2) is 11.5 Å². The van der Waals surface area contributed by atoms with Gasteiger partial charge in [-0.25, -0.2) is 18.7 Å². The Morgan fingerprint density at radius 3 is 2.58 bits per heavy atom. The number of anilines is 2. The van der Waals surface area contributed by atoms with E-state index in [4.69, 9.17) is 27.6 Å². The van der Waals surface area contributed by atoms with Crippen LogP contribution in [0.2, 0.25) is 10.0 Å². The monoisotopic (exact) mass is 493 g/mol. The number of alkyl halides is 2. The van der Waals surface area contributed by atoms with Gasteiger partial charge in [-0.3, -0.25) is 4.79 Å². The van der Waals surface area contributed by atoms with Crippen molar-refractivity contribution in [2.24, 2.45) is 0 Å². The number of para-hydroxylation sites is 1. The number of H-pyrrole nitrogens is 1. The van der Waals surface area contributed by atoms with Gasteiger partial charge in [-0.2, -0.15) is 0 Å².